The number of nitrogens with zero attached hydrogens (tertiary/aromatic N) is 3. The van der Waals surface area contributed by atoms with E-state index in [0.717, 1.165) is 25.5 Å². The monoisotopic (exact) mass is 473 g/mol. The van der Waals surface area contributed by atoms with Crippen LogP contribution in [0.5, 0.6) is 11.8 Å². The van der Waals surface area contributed by atoms with E-state index in [1.54, 1.807) is 6.92 Å². The summed E-state index contributed by atoms with van der Waals surface area (Å²) in [6.45, 7) is 3.15. The van der Waals surface area contributed by atoms with Crippen LogP contribution >= 0.6 is 12.6 Å². The van der Waals surface area contributed by atoms with Crippen LogP contribution in [0.25, 0.3) is 0 Å². The van der Waals surface area contributed by atoms with Gasteiger partial charge in [0.1, 0.15) is 22.1 Å². The normalized spacial score (nSPS) is 19.4. The van der Waals surface area contributed by atoms with Gasteiger partial charge in [-0.2, -0.15) is 25.8 Å². The molecule has 2 atom stereocenters. The maximum atomic E-state index is 14.5. The molecule has 1 saturated heterocycles. The van der Waals surface area contributed by atoms with Crippen molar-refractivity contribution < 1.29 is 27.0 Å². The number of pyridine rings is 2. The van der Waals surface area contributed by atoms with Crippen molar-refractivity contribution in [3.63, 3.8) is 0 Å². The number of alkyl halides is 3. The number of aryl methyl sites for hydroxylation is 1. The van der Waals surface area contributed by atoms with Crippen LogP contribution < -0.4 is 9.47 Å². The number of halogens is 4. The Kier molecular flexibility index (Phi) is 7.54. The summed E-state index contributed by atoms with van der Waals surface area (Å²) in [4.78, 5) is 8.87. The molecular formula is C22H27F4N3O2S. The van der Waals surface area contributed by atoms with Crippen molar-refractivity contribution >= 4 is 12.6 Å². The molecule has 10 heteroatoms. The summed E-state index contributed by atoms with van der Waals surface area (Å²) in [6.07, 6.45) is -1.59. The summed E-state index contributed by atoms with van der Waals surface area (Å²) in [5, 5.41) is 0. The molecule has 1 aliphatic rings. The van der Waals surface area contributed by atoms with Gasteiger partial charge in [-0.25, -0.2) is 14.4 Å². The standard InChI is InChI=1S/C22H27F4N3O2S/c1-21(32,20-16(23)8-9-18(28-20)30-2)29-10-4-5-14(13-29)6-7-15-11-17(22(24,25)26)27-19(12-15)31-3/h8-9,11-12,14,32H,4-7,10,13H2,1-3H3. The molecule has 1 fully saturated rings. The maximum Gasteiger partial charge on any atom is 0.433 e. The van der Waals surface area contributed by atoms with Crippen molar-refractivity contribution in [1.82, 2.24) is 14.9 Å². The summed E-state index contributed by atoms with van der Waals surface area (Å²) in [6, 6.07) is 5.38. The van der Waals surface area contributed by atoms with Crippen LogP contribution in [0.3, 0.4) is 0 Å². The highest BCUT2D eigenvalue weighted by Crippen LogP contribution is 2.38. The molecule has 0 aromatic carbocycles. The topological polar surface area (TPSA) is 47.5 Å². The van der Waals surface area contributed by atoms with Gasteiger partial charge in [-0.05, 0) is 62.8 Å². The Morgan fingerprint density at radius 3 is 2.50 bits per heavy atom. The number of ether oxygens (including phenoxy) is 2. The third-order valence-electron chi connectivity index (χ3n) is 5.82. The SMILES string of the molecule is COc1cc(CCC2CCCN(C(C)(S)c3nc(OC)ccc3F)C2)cc(C(F)(F)F)n1. The lowest BCUT2D eigenvalue weighted by Gasteiger charge is -2.42. The summed E-state index contributed by atoms with van der Waals surface area (Å²) in [5.41, 5.74) is -0.246. The number of aromatic nitrogens is 2. The summed E-state index contributed by atoms with van der Waals surface area (Å²) in [5.74, 6) is 0.0105. The average Bonchev–Trinajstić information content (AvgIpc) is 2.77. The Hall–Kier alpha value is -2.07. The summed E-state index contributed by atoms with van der Waals surface area (Å²) in [7, 11) is 2.76. The van der Waals surface area contributed by atoms with Crippen molar-refractivity contribution in [2.24, 2.45) is 5.92 Å². The van der Waals surface area contributed by atoms with Gasteiger partial charge in [-0.3, -0.25) is 4.90 Å². The lowest BCUT2D eigenvalue weighted by Crippen LogP contribution is -2.46. The minimum atomic E-state index is -4.54. The zero-order valence-corrected chi connectivity index (χ0v) is 19.1. The van der Waals surface area contributed by atoms with E-state index < -0.39 is 22.6 Å². The van der Waals surface area contributed by atoms with Crippen LogP contribution in [0.4, 0.5) is 17.6 Å². The maximum absolute atomic E-state index is 14.5. The molecule has 2 aromatic heterocycles. The lowest BCUT2D eigenvalue weighted by atomic mass is 9.90. The average molecular weight is 474 g/mol. The van der Waals surface area contributed by atoms with Gasteiger partial charge in [0.15, 0.2) is 0 Å². The van der Waals surface area contributed by atoms with Crippen LogP contribution in [0, 0.1) is 11.7 Å². The smallest absolute Gasteiger partial charge is 0.433 e. The molecule has 0 radical (unpaired) electrons. The van der Waals surface area contributed by atoms with Crippen LogP contribution in [0.1, 0.15) is 43.1 Å². The molecule has 3 rings (SSSR count). The van der Waals surface area contributed by atoms with Crippen molar-refractivity contribution in [2.45, 2.75) is 43.7 Å². The first-order valence-corrected chi connectivity index (χ1v) is 10.8. The lowest BCUT2D eigenvalue weighted by molar-refractivity contribution is -0.141. The first kappa shape index (κ1) is 24.6. The highest BCUT2D eigenvalue weighted by atomic mass is 32.1. The molecule has 5 nitrogen and oxygen atoms in total. The number of hydrogen-bond acceptors (Lipinski definition) is 6. The van der Waals surface area contributed by atoms with E-state index in [0.29, 0.717) is 30.8 Å². The Morgan fingerprint density at radius 2 is 1.84 bits per heavy atom. The van der Waals surface area contributed by atoms with Crippen LogP contribution in [-0.2, 0) is 17.5 Å². The zero-order valence-electron chi connectivity index (χ0n) is 18.2. The molecule has 3 heterocycles. The fourth-order valence-corrected chi connectivity index (χ4v) is 4.38. The molecule has 0 spiro atoms. The van der Waals surface area contributed by atoms with Gasteiger partial charge in [0.05, 0.1) is 14.2 Å². The van der Waals surface area contributed by atoms with Gasteiger partial charge < -0.3 is 9.47 Å². The molecule has 0 amide bonds. The van der Waals surface area contributed by atoms with Crippen LogP contribution in [0.2, 0.25) is 0 Å². The van der Waals surface area contributed by atoms with Gasteiger partial charge in [0.2, 0.25) is 11.8 Å². The second-order valence-corrected chi connectivity index (χ2v) is 8.97. The highest BCUT2D eigenvalue weighted by molar-refractivity contribution is 7.81. The van der Waals surface area contributed by atoms with Crippen molar-refractivity contribution in [1.29, 1.82) is 0 Å². The van der Waals surface area contributed by atoms with Crippen molar-refractivity contribution in [3.8, 4) is 11.8 Å². The highest BCUT2D eigenvalue weighted by Gasteiger charge is 2.37. The van der Waals surface area contributed by atoms with Gasteiger partial charge in [-0.1, -0.05) is 0 Å². The Bertz CT molecular complexity index is 940. The van der Waals surface area contributed by atoms with Gasteiger partial charge in [-0.15, -0.1) is 0 Å². The van der Waals surface area contributed by atoms with E-state index in [4.69, 9.17) is 22.1 Å². The Balaban J connectivity index is 1.72. The molecule has 0 bridgehead atoms. The molecule has 0 aliphatic carbocycles. The van der Waals surface area contributed by atoms with E-state index in [1.165, 1.54) is 32.4 Å². The molecule has 1 aliphatic heterocycles. The molecule has 176 valence electrons. The van der Waals surface area contributed by atoms with Crippen LogP contribution in [-0.4, -0.2) is 42.2 Å². The van der Waals surface area contributed by atoms with Gasteiger partial charge >= 0.3 is 6.18 Å². The molecule has 32 heavy (non-hydrogen) atoms. The number of thiol groups is 1. The molecule has 0 N–H and O–H groups in total. The molecular weight excluding hydrogens is 446 g/mol. The number of hydrogen-bond donors (Lipinski definition) is 1. The first-order chi connectivity index (χ1) is 15.0. The number of methoxy groups -OCH3 is 2. The second-order valence-electron chi connectivity index (χ2n) is 8.10. The van der Waals surface area contributed by atoms with E-state index >= 15 is 0 Å². The minimum Gasteiger partial charge on any atom is -0.481 e. The van der Waals surface area contributed by atoms with E-state index in [-0.39, 0.29) is 17.5 Å². The van der Waals surface area contributed by atoms with E-state index in [9.17, 15) is 17.6 Å². The third kappa shape index (κ3) is 5.64. The Morgan fingerprint density at radius 1 is 1.12 bits per heavy atom. The quantitative estimate of drug-likeness (QED) is 0.448. The third-order valence-corrected chi connectivity index (χ3v) is 6.31. The van der Waals surface area contributed by atoms with E-state index in [1.807, 2.05) is 0 Å². The summed E-state index contributed by atoms with van der Waals surface area (Å²) < 4.78 is 64.0. The predicted molar refractivity (Wildman–Crippen MR) is 115 cm³/mol. The fraction of sp³-hybridized carbons (Fsp3) is 0.545. The van der Waals surface area contributed by atoms with Crippen LogP contribution in [0.15, 0.2) is 24.3 Å². The number of likely N-dealkylation sites (tertiary alicyclic amines) is 1. The molecule has 0 saturated carbocycles. The van der Waals surface area contributed by atoms with Gasteiger partial charge in [0.25, 0.3) is 0 Å². The molecule has 2 unspecified atom stereocenters. The Labute approximate surface area is 190 Å². The fourth-order valence-electron chi connectivity index (χ4n) is 4.04. The van der Waals surface area contributed by atoms with E-state index in [2.05, 4.69) is 14.9 Å². The second kappa shape index (κ2) is 9.82. The minimum absolute atomic E-state index is 0.0531. The number of rotatable bonds is 7. The zero-order chi connectivity index (χ0) is 23.5. The van der Waals surface area contributed by atoms with Crippen molar-refractivity contribution in [2.75, 3.05) is 27.3 Å². The predicted octanol–water partition coefficient (Wildman–Crippen LogP) is 5.10. The summed E-state index contributed by atoms with van der Waals surface area (Å²) >= 11 is 4.74. The first-order valence-electron chi connectivity index (χ1n) is 10.3. The van der Waals surface area contributed by atoms with Gasteiger partial charge in [0, 0.05) is 18.7 Å². The largest absolute Gasteiger partial charge is 0.481 e. The van der Waals surface area contributed by atoms with Crippen molar-refractivity contribution in [3.05, 3.63) is 47.0 Å². The molecule has 2 aromatic rings. The number of piperidine rings is 1.